The minimum Gasteiger partial charge on any atom is -0.497 e. The van der Waals surface area contributed by atoms with Gasteiger partial charge in [0.15, 0.2) is 0 Å². The molecule has 6 heteroatoms. The lowest BCUT2D eigenvalue weighted by Crippen LogP contribution is -2.60. The highest BCUT2D eigenvalue weighted by molar-refractivity contribution is 7.80. The zero-order valence-electron chi connectivity index (χ0n) is 16.4. The smallest absolute Gasteiger partial charge is 0.202 e. The molecule has 1 spiro atoms. The topological polar surface area (TPSA) is 46.1 Å². The molecule has 1 atom stereocenters. The first-order valence-corrected chi connectivity index (χ1v) is 9.88. The molecule has 1 saturated heterocycles. The van der Waals surface area contributed by atoms with Crippen LogP contribution in [0.4, 0.5) is 11.4 Å². The number of benzene rings is 2. The number of rotatable bonds is 3. The van der Waals surface area contributed by atoms with Crippen LogP contribution in [0.3, 0.4) is 0 Å². The molecule has 5 nitrogen and oxygen atoms in total. The van der Waals surface area contributed by atoms with Gasteiger partial charge in [0.1, 0.15) is 17.1 Å². The molecule has 1 fully saturated rings. The minimum atomic E-state index is -0.388. The molecule has 0 aromatic heterocycles. The number of amidine groups is 1. The largest absolute Gasteiger partial charge is 0.497 e. The van der Waals surface area contributed by atoms with Crippen molar-refractivity contribution in [1.29, 1.82) is 0 Å². The summed E-state index contributed by atoms with van der Waals surface area (Å²) in [4.78, 5) is 6.97. The first-order chi connectivity index (χ1) is 13.4. The summed E-state index contributed by atoms with van der Waals surface area (Å²) < 4.78 is 11.5. The Kier molecular flexibility index (Phi) is 4.85. The second kappa shape index (κ2) is 7.18. The van der Waals surface area contributed by atoms with Gasteiger partial charge in [0.05, 0.1) is 12.7 Å². The van der Waals surface area contributed by atoms with Crippen molar-refractivity contribution in [1.82, 2.24) is 0 Å². The molecule has 0 radical (unpaired) electrons. The number of ether oxygens (including phenoxy) is 2. The van der Waals surface area contributed by atoms with Crippen LogP contribution in [0.5, 0.6) is 5.75 Å². The Morgan fingerprint density at radius 1 is 1.14 bits per heavy atom. The average Bonchev–Trinajstić information content (AvgIpc) is 2.92. The number of nitrogens with zero attached hydrogens (tertiary/aromatic N) is 2. The maximum Gasteiger partial charge on any atom is 0.202 e. The Morgan fingerprint density at radius 2 is 1.93 bits per heavy atom. The summed E-state index contributed by atoms with van der Waals surface area (Å²) in [6.45, 7) is 4.89. The van der Waals surface area contributed by atoms with Crippen LogP contribution in [-0.2, 0) is 4.74 Å². The molecule has 28 heavy (non-hydrogen) atoms. The van der Waals surface area contributed by atoms with E-state index in [1.54, 1.807) is 7.11 Å². The molecule has 1 unspecified atom stereocenters. The van der Waals surface area contributed by atoms with Gasteiger partial charge < -0.3 is 19.7 Å². The van der Waals surface area contributed by atoms with Gasteiger partial charge in [-0.3, -0.25) is 0 Å². The quantitative estimate of drug-likeness (QED) is 0.767. The Balaban J connectivity index is 1.78. The predicted molar refractivity (Wildman–Crippen MR) is 118 cm³/mol. The van der Waals surface area contributed by atoms with Crippen molar-refractivity contribution < 1.29 is 9.47 Å². The molecule has 2 aromatic rings. The first kappa shape index (κ1) is 18.9. The third-order valence-corrected chi connectivity index (χ3v) is 5.62. The van der Waals surface area contributed by atoms with Gasteiger partial charge in [-0.05, 0) is 50.3 Å². The molecule has 146 valence electrons. The Morgan fingerprint density at radius 3 is 2.64 bits per heavy atom. The maximum absolute atomic E-state index is 6.04. The van der Waals surface area contributed by atoms with Crippen LogP contribution in [0, 0.1) is 0 Å². The highest BCUT2D eigenvalue weighted by atomic mass is 32.1. The Labute approximate surface area is 171 Å². The molecular weight excluding hydrogens is 370 g/mol. The molecular formula is C22H25N3O2S. The van der Waals surface area contributed by atoms with Crippen molar-refractivity contribution in [3.63, 3.8) is 0 Å². The molecule has 1 N–H and O–H groups in total. The number of para-hydroxylation sites is 1. The lowest BCUT2D eigenvalue weighted by atomic mass is 9.79. The number of hydrogen-bond donors (Lipinski definition) is 1. The molecule has 0 aliphatic carbocycles. The summed E-state index contributed by atoms with van der Waals surface area (Å²) in [6, 6.07) is 18.1. The van der Waals surface area contributed by atoms with Gasteiger partial charge >= 0.3 is 0 Å². The molecule has 0 amide bonds. The van der Waals surface area contributed by atoms with E-state index >= 15 is 0 Å². The van der Waals surface area contributed by atoms with E-state index in [-0.39, 0.29) is 11.1 Å². The van der Waals surface area contributed by atoms with Crippen LogP contribution in [-0.4, -0.2) is 35.8 Å². The number of nitrogens with one attached hydrogen (secondary N) is 1. The second-order valence-corrected chi connectivity index (χ2v) is 8.20. The van der Waals surface area contributed by atoms with Crippen molar-refractivity contribution in [2.24, 2.45) is 4.99 Å². The fourth-order valence-electron chi connectivity index (χ4n) is 4.18. The predicted octanol–water partition coefficient (Wildman–Crippen LogP) is 4.64. The van der Waals surface area contributed by atoms with Crippen molar-refractivity contribution in [3.05, 3.63) is 54.6 Å². The molecule has 0 saturated carbocycles. The lowest BCUT2D eigenvalue weighted by molar-refractivity contribution is -0.0661. The fourth-order valence-corrected chi connectivity index (χ4v) is 4.55. The zero-order valence-corrected chi connectivity index (χ0v) is 17.3. The molecule has 2 aliphatic rings. The number of aliphatic imine (C=N–C) groups is 1. The van der Waals surface area contributed by atoms with Crippen LogP contribution in [0.1, 0.15) is 26.7 Å². The summed E-state index contributed by atoms with van der Waals surface area (Å²) in [5.41, 5.74) is 1.31. The standard InChI is InChI=1S/C22H25N3O2S/c1-21(2)15-22(12-13-27-21)19(23-16-8-5-4-6-9-16)24-20(28)25(22)17-10-7-11-18(14-17)26-3/h4-11,14H,12-13,15H2,1-3H3,(H,23,24,28). The summed E-state index contributed by atoms with van der Waals surface area (Å²) in [5.74, 6) is 1.68. The fraction of sp³-hybridized carbons (Fsp3) is 0.364. The molecule has 2 aliphatic heterocycles. The molecule has 2 heterocycles. The van der Waals surface area contributed by atoms with Crippen LogP contribution in [0.2, 0.25) is 0 Å². The summed E-state index contributed by atoms with van der Waals surface area (Å²) >= 11 is 5.74. The van der Waals surface area contributed by atoms with Gasteiger partial charge in [-0.1, -0.05) is 24.3 Å². The number of methoxy groups -OCH3 is 1. The number of hydrogen-bond acceptors (Lipinski definition) is 4. The van der Waals surface area contributed by atoms with Gasteiger partial charge in [0.25, 0.3) is 0 Å². The third kappa shape index (κ3) is 3.38. The van der Waals surface area contributed by atoms with Gasteiger partial charge in [-0.15, -0.1) is 0 Å². The van der Waals surface area contributed by atoms with Crippen LogP contribution >= 0.6 is 12.2 Å². The van der Waals surface area contributed by atoms with E-state index in [1.165, 1.54) is 0 Å². The van der Waals surface area contributed by atoms with Crippen LogP contribution in [0.15, 0.2) is 59.6 Å². The Bertz CT molecular complexity index is 913. The molecule has 4 rings (SSSR count). The molecule has 0 bridgehead atoms. The average molecular weight is 396 g/mol. The SMILES string of the molecule is COc1cccc(N2C(=S)N=C(Nc3ccccc3)C23CCOC(C)(C)C3)c1. The van der Waals surface area contributed by atoms with E-state index in [2.05, 4.69) is 30.1 Å². The number of anilines is 2. The normalized spacial score (nSPS) is 23.6. The van der Waals surface area contributed by atoms with Crippen molar-refractivity contribution in [2.45, 2.75) is 37.8 Å². The van der Waals surface area contributed by atoms with E-state index < -0.39 is 0 Å². The Hall–Kier alpha value is -2.44. The van der Waals surface area contributed by atoms with E-state index in [4.69, 9.17) is 26.7 Å². The minimum absolute atomic E-state index is 0.283. The van der Waals surface area contributed by atoms with Gasteiger partial charge in [0.2, 0.25) is 5.11 Å². The van der Waals surface area contributed by atoms with Gasteiger partial charge in [-0.2, -0.15) is 0 Å². The van der Waals surface area contributed by atoms with Crippen molar-refractivity contribution >= 4 is 34.5 Å². The summed E-state index contributed by atoms with van der Waals surface area (Å²) in [5, 5.41) is 4.09. The van der Waals surface area contributed by atoms with Gasteiger partial charge in [0, 0.05) is 36.9 Å². The highest BCUT2D eigenvalue weighted by Crippen LogP contribution is 2.44. The van der Waals surface area contributed by atoms with Crippen molar-refractivity contribution in [3.8, 4) is 5.75 Å². The van der Waals surface area contributed by atoms with E-state index in [0.29, 0.717) is 11.7 Å². The summed E-state index contributed by atoms with van der Waals surface area (Å²) in [7, 11) is 1.67. The van der Waals surface area contributed by atoms with E-state index in [1.807, 2.05) is 48.5 Å². The van der Waals surface area contributed by atoms with Gasteiger partial charge in [-0.25, -0.2) is 4.99 Å². The highest BCUT2D eigenvalue weighted by Gasteiger charge is 2.53. The van der Waals surface area contributed by atoms with E-state index in [9.17, 15) is 0 Å². The number of thiocarbonyl (C=S) groups is 1. The maximum atomic E-state index is 6.04. The van der Waals surface area contributed by atoms with Crippen molar-refractivity contribution in [2.75, 3.05) is 23.9 Å². The van der Waals surface area contributed by atoms with Crippen LogP contribution < -0.4 is 15.0 Å². The first-order valence-electron chi connectivity index (χ1n) is 9.47. The molecule has 2 aromatic carbocycles. The van der Waals surface area contributed by atoms with Crippen LogP contribution in [0.25, 0.3) is 0 Å². The second-order valence-electron chi connectivity index (χ2n) is 7.84. The van der Waals surface area contributed by atoms with E-state index in [0.717, 1.165) is 35.8 Å². The zero-order chi connectivity index (χ0) is 19.8. The summed E-state index contributed by atoms with van der Waals surface area (Å²) in [6.07, 6.45) is 1.57. The third-order valence-electron chi connectivity index (χ3n) is 5.34. The lowest BCUT2D eigenvalue weighted by Gasteiger charge is -2.48. The monoisotopic (exact) mass is 395 g/mol.